The number of likely N-dealkylation sites (tertiary alicyclic amines) is 1. The Morgan fingerprint density at radius 3 is 2.43 bits per heavy atom. The summed E-state index contributed by atoms with van der Waals surface area (Å²) in [5.41, 5.74) is -0.629. The predicted molar refractivity (Wildman–Crippen MR) is 131 cm³/mol. The van der Waals surface area contributed by atoms with Crippen LogP contribution >= 0.6 is 0 Å². The summed E-state index contributed by atoms with van der Waals surface area (Å²) >= 11 is 0. The van der Waals surface area contributed by atoms with Gasteiger partial charge in [0.25, 0.3) is 0 Å². The topological polar surface area (TPSA) is 96.0 Å². The lowest BCUT2D eigenvalue weighted by Gasteiger charge is -2.41. The molecule has 10 heteroatoms. The first-order valence-electron chi connectivity index (χ1n) is 12.3. The molecular formula is C25H36FN3O5S. The number of fused-ring (bicyclic) bond motifs is 1. The van der Waals surface area contributed by atoms with Crippen LogP contribution in [0.15, 0.2) is 18.2 Å². The number of carbonyl (C=O) groups is 2. The number of nitrogens with zero attached hydrogens (tertiary/aromatic N) is 2. The number of carbonyl (C=O) groups excluding carboxylic acids is 2. The average molecular weight is 510 g/mol. The van der Waals surface area contributed by atoms with Gasteiger partial charge in [0.05, 0.1) is 11.4 Å². The largest absolute Gasteiger partial charge is 0.444 e. The molecular weight excluding hydrogens is 473 g/mol. The first-order chi connectivity index (χ1) is 16.2. The van der Waals surface area contributed by atoms with Gasteiger partial charge in [-0.15, -0.1) is 0 Å². The van der Waals surface area contributed by atoms with E-state index in [1.54, 1.807) is 30.0 Å². The molecule has 4 rings (SSSR count). The summed E-state index contributed by atoms with van der Waals surface area (Å²) in [7, 11) is -3.60. The fraction of sp³-hybridized carbons (Fsp3) is 0.680. The zero-order chi connectivity index (χ0) is 25.8. The molecule has 2 aliphatic heterocycles. The summed E-state index contributed by atoms with van der Waals surface area (Å²) in [6.07, 6.45) is 2.22. The second-order valence-electron chi connectivity index (χ2n) is 11.6. The lowest BCUT2D eigenvalue weighted by atomic mass is 9.93. The number of benzene rings is 1. The van der Waals surface area contributed by atoms with Crippen molar-refractivity contribution in [3.63, 3.8) is 0 Å². The highest BCUT2D eigenvalue weighted by molar-refractivity contribution is 7.88. The van der Waals surface area contributed by atoms with Gasteiger partial charge in [-0.3, -0.25) is 4.79 Å². The molecule has 2 saturated heterocycles. The van der Waals surface area contributed by atoms with Crippen LogP contribution in [0.4, 0.5) is 14.9 Å². The summed E-state index contributed by atoms with van der Waals surface area (Å²) in [6.45, 7) is 10.6. The zero-order valence-electron chi connectivity index (χ0n) is 21.1. The number of anilines is 1. The van der Waals surface area contributed by atoms with Crippen LogP contribution in [0.3, 0.4) is 0 Å². The maximum atomic E-state index is 14.5. The van der Waals surface area contributed by atoms with Gasteiger partial charge in [0, 0.05) is 31.1 Å². The zero-order valence-corrected chi connectivity index (χ0v) is 22.0. The Morgan fingerprint density at radius 2 is 1.83 bits per heavy atom. The standard InChI is InChI=1S/C25H36FN3O5S/c1-24(2,3)34-23(31)28-13-17-18(14-28)21(17)22(30)27-20-12-16(8-9-19(20)26)15-35(32,33)29-11-7-6-10-25(29,4)5/h8-9,12,17-18,21H,6-7,10-11,13-15H2,1-5H3,(H,27,30)/t17-,18?,21?/m1/s1. The minimum absolute atomic E-state index is 0.0189. The smallest absolute Gasteiger partial charge is 0.410 e. The Labute approximate surface area is 207 Å². The van der Waals surface area contributed by atoms with Gasteiger partial charge < -0.3 is 15.0 Å². The molecule has 0 aromatic heterocycles. The van der Waals surface area contributed by atoms with Crippen molar-refractivity contribution >= 4 is 27.7 Å². The van der Waals surface area contributed by atoms with Crippen molar-refractivity contribution in [1.82, 2.24) is 9.21 Å². The fourth-order valence-corrected chi connectivity index (χ4v) is 7.42. The number of piperidine rings is 2. The third kappa shape index (κ3) is 5.63. The van der Waals surface area contributed by atoms with E-state index < -0.39 is 27.0 Å². The van der Waals surface area contributed by atoms with Crippen LogP contribution in [0.1, 0.15) is 59.4 Å². The van der Waals surface area contributed by atoms with Crippen LogP contribution in [0.5, 0.6) is 0 Å². The van der Waals surface area contributed by atoms with Crippen LogP contribution < -0.4 is 5.32 Å². The van der Waals surface area contributed by atoms with Gasteiger partial charge in [0.1, 0.15) is 11.4 Å². The van der Waals surface area contributed by atoms with E-state index in [2.05, 4.69) is 5.32 Å². The van der Waals surface area contributed by atoms with E-state index in [4.69, 9.17) is 4.74 Å². The molecule has 1 N–H and O–H groups in total. The summed E-state index contributed by atoms with van der Waals surface area (Å²) in [5.74, 6) is -1.42. The second kappa shape index (κ2) is 9.03. The van der Waals surface area contributed by atoms with Crippen LogP contribution in [-0.4, -0.2) is 60.4 Å². The monoisotopic (exact) mass is 509 g/mol. The number of nitrogens with one attached hydrogen (secondary N) is 1. The summed E-state index contributed by atoms with van der Waals surface area (Å²) < 4.78 is 47.7. The van der Waals surface area contributed by atoms with Gasteiger partial charge >= 0.3 is 6.09 Å². The van der Waals surface area contributed by atoms with Crippen LogP contribution in [0, 0.1) is 23.6 Å². The van der Waals surface area contributed by atoms with E-state index >= 15 is 0 Å². The highest BCUT2D eigenvalue weighted by Crippen LogP contribution is 2.52. The number of ether oxygens (including phenoxy) is 1. The van der Waals surface area contributed by atoms with E-state index in [-0.39, 0.29) is 41.2 Å². The Hall–Kier alpha value is -2.20. The van der Waals surface area contributed by atoms with E-state index in [1.807, 2.05) is 13.8 Å². The number of amides is 2. The highest BCUT2D eigenvalue weighted by Gasteiger charge is 2.60. The number of hydrogen-bond acceptors (Lipinski definition) is 5. The molecule has 1 aliphatic carbocycles. The summed E-state index contributed by atoms with van der Waals surface area (Å²) in [5, 5.41) is 2.65. The molecule has 2 unspecified atom stereocenters. The van der Waals surface area contributed by atoms with Crippen LogP contribution in [0.2, 0.25) is 0 Å². The quantitative estimate of drug-likeness (QED) is 0.648. The minimum Gasteiger partial charge on any atom is -0.444 e. The van der Waals surface area contributed by atoms with E-state index in [0.29, 0.717) is 25.2 Å². The Morgan fingerprint density at radius 1 is 1.17 bits per heavy atom. The second-order valence-corrected chi connectivity index (χ2v) is 13.5. The maximum Gasteiger partial charge on any atom is 0.410 e. The third-order valence-corrected chi connectivity index (χ3v) is 9.24. The SMILES string of the molecule is CC(C)(C)OC(=O)N1CC2C(C(=O)Nc3cc(CS(=O)(=O)N4CCCCC4(C)C)ccc3F)[C@@H]2C1. The molecule has 1 aromatic rings. The van der Waals surface area contributed by atoms with E-state index in [9.17, 15) is 22.4 Å². The molecule has 2 amide bonds. The fourth-order valence-electron chi connectivity index (χ4n) is 5.41. The Kier molecular flexibility index (Phi) is 6.68. The number of sulfonamides is 1. The molecule has 3 aliphatic rings. The molecule has 0 bridgehead atoms. The molecule has 3 atom stereocenters. The van der Waals surface area contributed by atoms with Crippen molar-refractivity contribution in [1.29, 1.82) is 0 Å². The van der Waals surface area contributed by atoms with Gasteiger partial charge in [-0.05, 0) is 77.0 Å². The van der Waals surface area contributed by atoms with Gasteiger partial charge in [0.15, 0.2) is 0 Å². The van der Waals surface area contributed by atoms with Crippen molar-refractivity contribution in [3.05, 3.63) is 29.6 Å². The Balaban J connectivity index is 1.37. The van der Waals surface area contributed by atoms with Gasteiger partial charge in [-0.1, -0.05) is 12.5 Å². The molecule has 2 heterocycles. The Bertz CT molecular complexity index is 1100. The highest BCUT2D eigenvalue weighted by atomic mass is 32.2. The lowest BCUT2D eigenvalue weighted by molar-refractivity contribution is -0.118. The van der Waals surface area contributed by atoms with Crippen molar-refractivity contribution in [2.75, 3.05) is 25.0 Å². The molecule has 8 nitrogen and oxygen atoms in total. The van der Waals surface area contributed by atoms with Crippen LogP contribution in [0.25, 0.3) is 0 Å². The van der Waals surface area contributed by atoms with Gasteiger partial charge in [-0.2, -0.15) is 4.31 Å². The molecule has 3 fully saturated rings. The number of halogens is 1. The summed E-state index contributed by atoms with van der Waals surface area (Å²) in [6, 6.07) is 4.05. The molecule has 194 valence electrons. The van der Waals surface area contributed by atoms with E-state index in [0.717, 1.165) is 19.3 Å². The first kappa shape index (κ1) is 25.9. The summed E-state index contributed by atoms with van der Waals surface area (Å²) in [4.78, 5) is 26.7. The van der Waals surface area contributed by atoms with Crippen LogP contribution in [-0.2, 0) is 25.3 Å². The van der Waals surface area contributed by atoms with Gasteiger partial charge in [0.2, 0.25) is 15.9 Å². The average Bonchev–Trinajstić information content (AvgIpc) is 3.22. The van der Waals surface area contributed by atoms with Crippen molar-refractivity contribution < 1.29 is 27.1 Å². The third-order valence-electron chi connectivity index (χ3n) is 7.20. The number of rotatable bonds is 5. The van der Waals surface area contributed by atoms with Crippen molar-refractivity contribution in [2.45, 2.75) is 70.8 Å². The van der Waals surface area contributed by atoms with E-state index in [1.165, 1.54) is 18.2 Å². The molecule has 0 radical (unpaired) electrons. The molecule has 1 saturated carbocycles. The maximum absolute atomic E-state index is 14.5. The van der Waals surface area contributed by atoms with Crippen molar-refractivity contribution in [2.24, 2.45) is 17.8 Å². The first-order valence-corrected chi connectivity index (χ1v) is 13.9. The minimum atomic E-state index is -3.60. The predicted octanol–water partition coefficient (Wildman–Crippen LogP) is 3.97. The normalized spacial score (nSPS) is 26.2. The molecule has 1 aromatic carbocycles. The lowest BCUT2D eigenvalue weighted by Crippen LogP contribution is -2.50. The number of hydrogen-bond donors (Lipinski definition) is 1. The van der Waals surface area contributed by atoms with Crippen molar-refractivity contribution in [3.8, 4) is 0 Å². The molecule has 35 heavy (non-hydrogen) atoms. The van der Waals surface area contributed by atoms with Gasteiger partial charge in [-0.25, -0.2) is 17.6 Å². The molecule has 0 spiro atoms.